The Morgan fingerprint density at radius 3 is 2.94 bits per heavy atom. The monoisotopic (exact) mass is 214 g/mol. The van der Waals surface area contributed by atoms with Gasteiger partial charge in [0.05, 0.1) is 13.2 Å². The van der Waals surface area contributed by atoms with E-state index in [9.17, 15) is 0 Å². The van der Waals surface area contributed by atoms with Crippen molar-refractivity contribution in [2.45, 2.75) is 31.1 Å². The van der Waals surface area contributed by atoms with E-state index in [0.29, 0.717) is 5.41 Å². The normalized spacial score (nSPS) is 36.1. The van der Waals surface area contributed by atoms with Crippen LogP contribution in [0.1, 0.15) is 30.4 Å². The zero-order valence-corrected chi connectivity index (χ0v) is 9.61. The summed E-state index contributed by atoms with van der Waals surface area (Å²) in [5.41, 5.74) is 3.90. The lowest BCUT2D eigenvalue weighted by Gasteiger charge is -2.26. The summed E-state index contributed by atoms with van der Waals surface area (Å²) in [5, 5.41) is 0. The second-order valence-electron chi connectivity index (χ2n) is 5.85. The fourth-order valence-electron chi connectivity index (χ4n) is 3.87. The molecule has 16 heavy (non-hydrogen) atoms. The van der Waals surface area contributed by atoms with Crippen molar-refractivity contribution in [1.29, 1.82) is 0 Å². The van der Waals surface area contributed by atoms with E-state index >= 15 is 0 Å². The van der Waals surface area contributed by atoms with E-state index in [2.05, 4.69) is 24.3 Å². The molecule has 2 aliphatic carbocycles. The van der Waals surface area contributed by atoms with Crippen LogP contribution >= 0.6 is 0 Å². The van der Waals surface area contributed by atoms with Gasteiger partial charge in [0.15, 0.2) is 0 Å². The molecule has 1 nitrogen and oxygen atoms in total. The lowest BCUT2D eigenvalue weighted by atomic mass is 9.90. The van der Waals surface area contributed by atoms with Gasteiger partial charge in [-0.05, 0) is 48.1 Å². The summed E-state index contributed by atoms with van der Waals surface area (Å²) in [5.74, 6) is 1.84. The highest BCUT2D eigenvalue weighted by molar-refractivity contribution is 5.44. The highest BCUT2D eigenvalue weighted by Crippen LogP contribution is 2.63. The van der Waals surface area contributed by atoms with E-state index in [-0.39, 0.29) is 0 Å². The van der Waals surface area contributed by atoms with Crippen molar-refractivity contribution in [2.75, 3.05) is 13.2 Å². The van der Waals surface area contributed by atoms with Gasteiger partial charge in [-0.1, -0.05) is 24.3 Å². The molecule has 1 saturated heterocycles. The number of hydrogen-bond acceptors (Lipinski definition) is 1. The molecule has 0 aromatic heterocycles. The van der Waals surface area contributed by atoms with Crippen LogP contribution in [0.25, 0.3) is 0 Å². The molecule has 4 rings (SSSR count). The lowest BCUT2D eigenvalue weighted by molar-refractivity contribution is -0.0387. The fourth-order valence-corrected chi connectivity index (χ4v) is 3.87. The van der Waals surface area contributed by atoms with Gasteiger partial charge in [0.2, 0.25) is 0 Å². The van der Waals surface area contributed by atoms with Crippen LogP contribution in [0.15, 0.2) is 24.3 Å². The van der Waals surface area contributed by atoms with Gasteiger partial charge >= 0.3 is 0 Å². The molecule has 1 aromatic carbocycles. The van der Waals surface area contributed by atoms with Gasteiger partial charge < -0.3 is 4.74 Å². The second kappa shape index (κ2) is 3.10. The quantitative estimate of drug-likeness (QED) is 0.735. The molecule has 2 unspecified atom stereocenters. The van der Waals surface area contributed by atoms with Crippen molar-refractivity contribution in [1.82, 2.24) is 0 Å². The van der Waals surface area contributed by atoms with Gasteiger partial charge in [0.25, 0.3) is 0 Å². The van der Waals surface area contributed by atoms with Crippen LogP contribution in [0.4, 0.5) is 0 Å². The van der Waals surface area contributed by atoms with Crippen LogP contribution < -0.4 is 0 Å². The average molecular weight is 214 g/mol. The standard InChI is InChI=1S/C15H18O/c1-2-4-14-12(3-1)5-6-15(14)8-13(15)7-11-9-16-10-11/h1-4,11,13H,5-10H2. The summed E-state index contributed by atoms with van der Waals surface area (Å²) < 4.78 is 5.28. The molecule has 0 radical (unpaired) electrons. The Labute approximate surface area is 96.8 Å². The summed E-state index contributed by atoms with van der Waals surface area (Å²) in [6, 6.07) is 9.11. The van der Waals surface area contributed by atoms with Gasteiger partial charge in [0, 0.05) is 5.92 Å². The van der Waals surface area contributed by atoms with Crippen LogP contribution in [0.2, 0.25) is 0 Å². The minimum Gasteiger partial charge on any atom is -0.381 e. The minimum absolute atomic E-state index is 0.603. The molecular formula is C15H18O. The number of fused-ring (bicyclic) bond motifs is 2. The fraction of sp³-hybridized carbons (Fsp3) is 0.600. The van der Waals surface area contributed by atoms with E-state index in [4.69, 9.17) is 4.74 Å². The maximum Gasteiger partial charge on any atom is 0.0516 e. The largest absolute Gasteiger partial charge is 0.381 e. The summed E-state index contributed by atoms with van der Waals surface area (Å²) in [7, 11) is 0. The Kier molecular flexibility index (Phi) is 1.79. The zero-order chi connectivity index (χ0) is 10.6. The van der Waals surface area contributed by atoms with Gasteiger partial charge in [-0.3, -0.25) is 0 Å². The Hall–Kier alpha value is -0.820. The number of hydrogen-bond donors (Lipinski definition) is 0. The third kappa shape index (κ3) is 1.15. The number of aryl methyl sites for hydroxylation is 1. The predicted molar refractivity (Wildman–Crippen MR) is 63.5 cm³/mol. The Balaban J connectivity index is 1.57. The third-order valence-electron chi connectivity index (χ3n) is 4.95. The van der Waals surface area contributed by atoms with Crippen LogP contribution in [0.5, 0.6) is 0 Å². The van der Waals surface area contributed by atoms with Crippen molar-refractivity contribution in [3.63, 3.8) is 0 Å². The molecule has 1 heterocycles. The predicted octanol–water partition coefficient (Wildman–Crippen LogP) is 2.93. The topological polar surface area (TPSA) is 9.23 Å². The van der Waals surface area contributed by atoms with E-state index in [1.807, 2.05) is 0 Å². The molecule has 2 atom stereocenters. The number of rotatable bonds is 2. The second-order valence-corrected chi connectivity index (χ2v) is 5.85. The van der Waals surface area contributed by atoms with Crippen molar-refractivity contribution < 1.29 is 4.74 Å². The minimum atomic E-state index is 0.603. The van der Waals surface area contributed by atoms with Crippen LogP contribution in [0, 0.1) is 11.8 Å². The van der Waals surface area contributed by atoms with Crippen LogP contribution in [-0.2, 0) is 16.6 Å². The summed E-state index contributed by atoms with van der Waals surface area (Å²) in [4.78, 5) is 0. The zero-order valence-electron chi connectivity index (χ0n) is 9.61. The number of ether oxygens (including phenoxy) is 1. The van der Waals surface area contributed by atoms with E-state index in [0.717, 1.165) is 25.0 Å². The van der Waals surface area contributed by atoms with E-state index in [1.165, 1.54) is 25.7 Å². The molecule has 0 N–H and O–H groups in total. The SMILES string of the molecule is c1ccc2c(c1)CCC21CC1CC1COC1. The van der Waals surface area contributed by atoms with E-state index < -0.39 is 0 Å². The summed E-state index contributed by atoms with van der Waals surface area (Å²) in [6.45, 7) is 2.04. The van der Waals surface area contributed by atoms with Crippen LogP contribution in [-0.4, -0.2) is 13.2 Å². The third-order valence-corrected chi connectivity index (χ3v) is 4.95. The molecule has 84 valence electrons. The summed E-state index contributed by atoms with van der Waals surface area (Å²) in [6.07, 6.45) is 5.58. The molecule has 1 heteroatoms. The Morgan fingerprint density at radius 2 is 2.12 bits per heavy atom. The van der Waals surface area contributed by atoms with Gasteiger partial charge in [-0.2, -0.15) is 0 Å². The van der Waals surface area contributed by atoms with Gasteiger partial charge in [0.1, 0.15) is 0 Å². The molecule has 1 spiro atoms. The average Bonchev–Trinajstić information content (AvgIpc) is 2.82. The smallest absolute Gasteiger partial charge is 0.0516 e. The lowest BCUT2D eigenvalue weighted by Crippen LogP contribution is -2.28. The first-order valence-electron chi connectivity index (χ1n) is 6.55. The van der Waals surface area contributed by atoms with Crippen molar-refractivity contribution >= 4 is 0 Å². The first-order chi connectivity index (χ1) is 7.88. The van der Waals surface area contributed by atoms with Crippen molar-refractivity contribution in [3.05, 3.63) is 35.4 Å². The molecule has 2 fully saturated rings. The first kappa shape index (κ1) is 9.23. The van der Waals surface area contributed by atoms with Crippen molar-refractivity contribution in [3.8, 4) is 0 Å². The maximum atomic E-state index is 5.28. The van der Waals surface area contributed by atoms with Crippen LogP contribution in [0.3, 0.4) is 0 Å². The first-order valence-corrected chi connectivity index (χ1v) is 6.55. The molecular weight excluding hydrogens is 196 g/mol. The van der Waals surface area contributed by atoms with Gasteiger partial charge in [-0.25, -0.2) is 0 Å². The molecule has 1 saturated carbocycles. The maximum absolute atomic E-state index is 5.28. The van der Waals surface area contributed by atoms with E-state index in [1.54, 1.807) is 11.1 Å². The summed E-state index contributed by atoms with van der Waals surface area (Å²) >= 11 is 0. The Morgan fingerprint density at radius 1 is 1.25 bits per heavy atom. The molecule has 3 aliphatic rings. The van der Waals surface area contributed by atoms with Gasteiger partial charge in [-0.15, -0.1) is 0 Å². The molecule has 0 amide bonds. The highest BCUT2D eigenvalue weighted by atomic mass is 16.5. The molecule has 1 aromatic rings. The molecule has 1 aliphatic heterocycles. The Bertz CT molecular complexity index is 421. The molecule has 0 bridgehead atoms. The highest BCUT2D eigenvalue weighted by Gasteiger charge is 2.57. The number of benzene rings is 1. The van der Waals surface area contributed by atoms with Crippen molar-refractivity contribution in [2.24, 2.45) is 11.8 Å².